The minimum Gasteiger partial charge on any atom is -0.357 e. The molecule has 1 aliphatic carbocycles. The third kappa shape index (κ3) is 5.35. The molecule has 128 valence electrons. The lowest BCUT2D eigenvalue weighted by atomic mass is 10.0. The Morgan fingerprint density at radius 1 is 1.30 bits per heavy atom. The number of benzene rings is 1. The molecule has 0 spiro atoms. The summed E-state index contributed by atoms with van der Waals surface area (Å²) in [6.45, 7) is 9.43. The molecule has 0 bridgehead atoms. The number of aliphatic imine (C=N–C) groups is 1. The quantitative estimate of drug-likeness (QED) is 0.431. The topological polar surface area (TPSA) is 39.7 Å². The van der Waals surface area contributed by atoms with Crippen LogP contribution in [-0.4, -0.2) is 43.1 Å². The van der Waals surface area contributed by atoms with E-state index in [-0.39, 0.29) is 24.0 Å². The maximum Gasteiger partial charge on any atom is 0.191 e. The van der Waals surface area contributed by atoms with Gasteiger partial charge in [0.25, 0.3) is 0 Å². The van der Waals surface area contributed by atoms with E-state index in [1.165, 1.54) is 17.5 Å². The number of hydrogen-bond donors (Lipinski definition) is 2. The molecule has 0 radical (unpaired) electrons. The molecule has 0 saturated heterocycles. The normalized spacial score (nSPS) is 23.7. The van der Waals surface area contributed by atoms with Crippen LogP contribution < -0.4 is 10.6 Å². The lowest BCUT2D eigenvalue weighted by Crippen LogP contribution is -2.40. The zero-order valence-electron chi connectivity index (χ0n) is 14.2. The van der Waals surface area contributed by atoms with Gasteiger partial charge in [-0.25, -0.2) is 0 Å². The standard InChI is InChI=1S/C18H28N4.HI/c1-3-19-18(21-17-12-14(17)2)20-9-11-22-10-8-15-6-4-5-7-16(15)13-22;/h4-7,14,17H,3,8-13H2,1-2H3,(H2,19,20,21);1H. The Morgan fingerprint density at radius 2 is 2.04 bits per heavy atom. The van der Waals surface area contributed by atoms with Gasteiger partial charge in [0.1, 0.15) is 0 Å². The summed E-state index contributed by atoms with van der Waals surface area (Å²) in [4.78, 5) is 7.24. The van der Waals surface area contributed by atoms with Crippen LogP contribution in [0.25, 0.3) is 0 Å². The van der Waals surface area contributed by atoms with Gasteiger partial charge in [-0.15, -0.1) is 24.0 Å². The van der Waals surface area contributed by atoms with E-state index in [1.54, 1.807) is 0 Å². The predicted molar refractivity (Wildman–Crippen MR) is 108 cm³/mol. The monoisotopic (exact) mass is 428 g/mol. The second-order valence-electron chi connectivity index (χ2n) is 6.52. The molecule has 4 nitrogen and oxygen atoms in total. The summed E-state index contributed by atoms with van der Waals surface area (Å²) in [7, 11) is 0. The Balaban J connectivity index is 0.00000192. The summed E-state index contributed by atoms with van der Waals surface area (Å²) in [6.07, 6.45) is 2.44. The molecule has 5 heteroatoms. The molecule has 1 aromatic rings. The molecule has 23 heavy (non-hydrogen) atoms. The van der Waals surface area contributed by atoms with Crippen molar-refractivity contribution in [1.29, 1.82) is 0 Å². The summed E-state index contributed by atoms with van der Waals surface area (Å²) >= 11 is 0. The first kappa shape index (κ1) is 18.5. The van der Waals surface area contributed by atoms with E-state index in [9.17, 15) is 0 Å². The molecule has 1 fully saturated rings. The molecule has 1 saturated carbocycles. The first-order valence-electron chi connectivity index (χ1n) is 8.60. The molecular weight excluding hydrogens is 399 g/mol. The molecule has 2 N–H and O–H groups in total. The zero-order chi connectivity index (χ0) is 15.4. The van der Waals surface area contributed by atoms with E-state index in [4.69, 9.17) is 4.99 Å². The lowest BCUT2D eigenvalue weighted by molar-refractivity contribution is 0.261. The van der Waals surface area contributed by atoms with Gasteiger partial charge in [-0.3, -0.25) is 9.89 Å². The van der Waals surface area contributed by atoms with Crippen LogP contribution in [0.2, 0.25) is 0 Å². The fourth-order valence-corrected chi connectivity index (χ4v) is 3.07. The molecule has 1 heterocycles. The van der Waals surface area contributed by atoms with Crippen molar-refractivity contribution >= 4 is 29.9 Å². The summed E-state index contributed by atoms with van der Waals surface area (Å²) < 4.78 is 0. The van der Waals surface area contributed by atoms with E-state index < -0.39 is 0 Å². The van der Waals surface area contributed by atoms with Gasteiger partial charge in [-0.05, 0) is 36.8 Å². The highest BCUT2D eigenvalue weighted by Crippen LogP contribution is 2.28. The van der Waals surface area contributed by atoms with Gasteiger partial charge in [0.05, 0.1) is 6.54 Å². The van der Waals surface area contributed by atoms with Crippen LogP contribution in [0.4, 0.5) is 0 Å². The average molecular weight is 428 g/mol. The fraction of sp³-hybridized carbons (Fsp3) is 0.611. The molecule has 0 amide bonds. The van der Waals surface area contributed by atoms with Gasteiger partial charge in [0.15, 0.2) is 5.96 Å². The van der Waals surface area contributed by atoms with Crippen molar-refractivity contribution in [2.24, 2.45) is 10.9 Å². The molecule has 2 atom stereocenters. The van der Waals surface area contributed by atoms with Crippen molar-refractivity contribution in [3.63, 3.8) is 0 Å². The Hall–Kier alpha value is -0.820. The highest BCUT2D eigenvalue weighted by Gasteiger charge is 2.33. The van der Waals surface area contributed by atoms with Crippen molar-refractivity contribution < 1.29 is 0 Å². The number of nitrogens with zero attached hydrogens (tertiary/aromatic N) is 2. The number of nitrogens with one attached hydrogen (secondary N) is 2. The van der Waals surface area contributed by atoms with Crippen molar-refractivity contribution in [3.8, 4) is 0 Å². The largest absolute Gasteiger partial charge is 0.357 e. The van der Waals surface area contributed by atoms with Crippen LogP contribution in [0.3, 0.4) is 0 Å². The van der Waals surface area contributed by atoms with Crippen LogP contribution in [0.5, 0.6) is 0 Å². The van der Waals surface area contributed by atoms with Crippen molar-refractivity contribution in [2.45, 2.75) is 39.3 Å². The van der Waals surface area contributed by atoms with E-state index in [0.29, 0.717) is 6.04 Å². The maximum atomic E-state index is 4.73. The molecule has 1 aliphatic heterocycles. The molecule has 2 unspecified atom stereocenters. The summed E-state index contributed by atoms with van der Waals surface area (Å²) in [6, 6.07) is 9.43. The summed E-state index contributed by atoms with van der Waals surface area (Å²) in [5.41, 5.74) is 2.99. The van der Waals surface area contributed by atoms with Crippen LogP contribution in [-0.2, 0) is 13.0 Å². The molecular formula is C18H29IN4. The fourth-order valence-electron chi connectivity index (χ4n) is 3.07. The Labute approximate surface area is 157 Å². The highest BCUT2D eigenvalue weighted by molar-refractivity contribution is 14.0. The van der Waals surface area contributed by atoms with Gasteiger partial charge in [-0.2, -0.15) is 0 Å². The third-order valence-corrected chi connectivity index (χ3v) is 4.67. The van der Waals surface area contributed by atoms with Crippen molar-refractivity contribution in [3.05, 3.63) is 35.4 Å². The molecule has 3 rings (SSSR count). The molecule has 2 aliphatic rings. The van der Waals surface area contributed by atoms with E-state index in [2.05, 4.69) is 53.6 Å². The summed E-state index contributed by atoms with van der Waals surface area (Å²) in [5, 5.41) is 6.86. The summed E-state index contributed by atoms with van der Waals surface area (Å²) in [5.74, 6) is 1.77. The Kier molecular flexibility index (Phi) is 7.14. The van der Waals surface area contributed by atoms with Gasteiger partial charge < -0.3 is 10.6 Å². The highest BCUT2D eigenvalue weighted by atomic mass is 127. The first-order chi connectivity index (χ1) is 10.8. The smallest absolute Gasteiger partial charge is 0.191 e. The number of halogens is 1. The Bertz CT molecular complexity index is 532. The van der Waals surface area contributed by atoms with E-state index in [0.717, 1.165) is 51.0 Å². The zero-order valence-corrected chi connectivity index (χ0v) is 16.5. The second-order valence-corrected chi connectivity index (χ2v) is 6.52. The van der Waals surface area contributed by atoms with E-state index >= 15 is 0 Å². The maximum absolute atomic E-state index is 4.73. The number of rotatable bonds is 5. The molecule has 1 aromatic carbocycles. The average Bonchev–Trinajstić information content (AvgIpc) is 3.22. The van der Waals surface area contributed by atoms with Gasteiger partial charge in [-0.1, -0.05) is 31.2 Å². The minimum atomic E-state index is 0. The van der Waals surface area contributed by atoms with Crippen LogP contribution in [0.15, 0.2) is 29.3 Å². The van der Waals surface area contributed by atoms with Crippen LogP contribution >= 0.6 is 24.0 Å². The molecule has 0 aromatic heterocycles. The Morgan fingerprint density at radius 3 is 2.74 bits per heavy atom. The second kappa shape index (κ2) is 8.87. The predicted octanol–water partition coefficient (Wildman–Crippen LogP) is 2.63. The number of hydrogen-bond acceptors (Lipinski definition) is 2. The van der Waals surface area contributed by atoms with Crippen molar-refractivity contribution in [2.75, 3.05) is 26.2 Å². The SMILES string of the molecule is CCNC(=NCCN1CCc2ccccc2C1)NC1CC1C.I. The third-order valence-electron chi connectivity index (χ3n) is 4.67. The van der Waals surface area contributed by atoms with Gasteiger partial charge in [0, 0.05) is 32.2 Å². The van der Waals surface area contributed by atoms with Crippen molar-refractivity contribution in [1.82, 2.24) is 15.5 Å². The van der Waals surface area contributed by atoms with E-state index in [1.807, 2.05) is 0 Å². The number of fused-ring (bicyclic) bond motifs is 1. The van der Waals surface area contributed by atoms with Gasteiger partial charge >= 0.3 is 0 Å². The van der Waals surface area contributed by atoms with Crippen LogP contribution in [0.1, 0.15) is 31.4 Å². The number of guanidine groups is 1. The van der Waals surface area contributed by atoms with Crippen LogP contribution in [0, 0.1) is 5.92 Å². The first-order valence-corrected chi connectivity index (χ1v) is 8.60. The minimum absolute atomic E-state index is 0. The lowest BCUT2D eigenvalue weighted by Gasteiger charge is -2.28. The van der Waals surface area contributed by atoms with Gasteiger partial charge in [0.2, 0.25) is 0 Å².